The van der Waals surface area contributed by atoms with Crippen molar-refractivity contribution in [1.29, 1.82) is 0 Å². The number of phosphoric ester groups is 1. The number of benzene rings is 1. The van der Waals surface area contributed by atoms with Crippen LogP contribution in [-0.2, 0) is 9.09 Å². The van der Waals surface area contributed by atoms with Gasteiger partial charge in [-0.05, 0) is 12.1 Å². The highest BCUT2D eigenvalue weighted by Gasteiger charge is 2.23. The molecular formula is C8H7NO4P. The average molecular weight is 212 g/mol. The Morgan fingerprint density at radius 1 is 1.29 bits per heavy atom. The zero-order valence-corrected chi connectivity index (χ0v) is 7.89. The standard InChI is InChI=1S/C8H7NO4P/c10-14(11,12)13-8-5-9-7-4-2-1-3-6(7)8/h1-5H,(H2,10,11,12). The topological polar surface area (TPSA) is 80.9 Å². The van der Waals surface area contributed by atoms with Gasteiger partial charge in [-0.3, -0.25) is 15.1 Å². The van der Waals surface area contributed by atoms with Gasteiger partial charge in [-0.25, -0.2) is 4.57 Å². The molecule has 73 valence electrons. The van der Waals surface area contributed by atoms with Crippen LogP contribution in [0.15, 0.2) is 30.5 Å². The smallest absolute Gasteiger partial charge is 0.402 e. The minimum absolute atomic E-state index is 0.105. The number of hydrogen-bond acceptors (Lipinski definition) is 2. The van der Waals surface area contributed by atoms with Crippen molar-refractivity contribution < 1.29 is 18.9 Å². The molecule has 1 aliphatic rings. The molecule has 1 aromatic carbocycles. The Morgan fingerprint density at radius 2 is 2.00 bits per heavy atom. The molecular weight excluding hydrogens is 205 g/mol. The molecule has 14 heavy (non-hydrogen) atoms. The summed E-state index contributed by atoms with van der Waals surface area (Å²) in [6.07, 6.45) is 1.30. The number of para-hydroxylation sites is 1. The minimum Gasteiger partial charge on any atom is -0.402 e. The van der Waals surface area contributed by atoms with E-state index in [1.54, 1.807) is 24.3 Å². The summed E-state index contributed by atoms with van der Waals surface area (Å²) in [6.45, 7) is 0. The molecule has 5 nitrogen and oxygen atoms in total. The molecule has 0 spiro atoms. The van der Waals surface area contributed by atoms with Crippen LogP contribution < -0.4 is 5.32 Å². The minimum atomic E-state index is -4.50. The van der Waals surface area contributed by atoms with E-state index in [1.807, 2.05) is 0 Å². The second kappa shape index (κ2) is 3.13. The van der Waals surface area contributed by atoms with Crippen molar-refractivity contribution in [2.45, 2.75) is 0 Å². The van der Waals surface area contributed by atoms with Gasteiger partial charge in [0.15, 0.2) is 5.76 Å². The Morgan fingerprint density at radius 3 is 2.71 bits per heavy atom. The maximum atomic E-state index is 10.6. The van der Waals surface area contributed by atoms with E-state index in [9.17, 15) is 4.57 Å². The molecule has 6 heteroatoms. The molecule has 1 radical (unpaired) electrons. The van der Waals surface area contributed by atoms with Crippen molar-refractivity contribution in [3.63, 3.8) is 0 Å². The van der Waals surface area contributed by atoms with Crippen molar-refractivity contribution >= 4 is 19.3 Å². The predicted octanol–water partition coefficient (Wildman–Crippen LogP) is 1.34. The van der Waals surface area contributed by atoms with Gasteiger partial charge in [-0.2, -0.15) is 0 Å². The third kappa shape index (κ3) is 1.80. The normalized spacial score (nSPS) is 14.3. The molecule has 1 aromatic rings. The maximum Gasteiger partial charge on any atom is 0.524 e. The quantitative estimate of drug-likeness (QED) is 0.725. The van der Waals surface area contributed by atoms with E-state index in [2.05, 4.69) is 9.84 Å². The van der Waals surface area contributed by atoms with Crippen LogP contribution in [0, 0.1) is 0 Å². The van der Waals surface area contributed by atoms with Gasteiger partial charge in [0.05, 0.1) is 11.9 Å². The molecule has 0 aromatic heterocycles. The molecule has 0 amide bonds. The first-order valence-electron chi connectivity index (χ1n) is 3.82. The van der Waals surface area contributed by atoms with E-state index in [1.165, 1.54) is 6.20 Å². The first kappa shape index (κ1) is 9.27. The zero-order valence-electron chi connectivity index (χ0n) is 6.99. The Balaban J connectivity index is 2.30. The molecule has 1 aliphatic heterocycles. The van der Waals surface area contributed by atoms with E-state index in [0.717, 1.165) is 0 Å². The molecule has 0 bridgehead atoms. The second-order valence-corrected chi connectivity index (χ2v) is 3.89. The summed E-state index contributed by atoms with van der Waals surface area (Å²) in [4.78, 5) is 17.2. The summed E-state index contributed by atoms with van der Waals surface area (Å²) < 4.78 is 15.0. The van der Waals surface area contributed by atoms with Crippen LogP contribution in [0.1, 0.15) is 5.56 Å². The molecule has 0 atom stereocenters. The van der Waals surface area contributed by atoms with Crippen molar-refractivity contribution in [2.24, 2.45) is 0 Å². The molecule has 0 aliphatic carbocycles. The second-order valence-electron chi connectivity index (χ2n) is 2.72. The van der Waals surface area contributed by atoms with Gasteiger partial charge in [0.1, 0.15) is 0 Å². The van der Waals surface area contributed by atoms with Crippen LogP contribution >= 0.6 is 7.82 Å². The third-order valence-electron chi connectivity index (χ3n) is 1.71. The lowest BCUT2D eigenvalue weighted by molar-refractivity contribution is 0.269. The molecule has 1 heterocycles. The van der Waals surface area contributed by atoms with Gasteiger partial charge in [0.2, 0.25) is 0 Å². The highest BCUT2D eigenvalue weighted by molar-refractivity contribution is 7.46. The first-order chi connectivity index (χ1) is 6.56. The molecule has 2 rings (SSSR count). The Labute approximate surface area is 80.3 Å². The highest BCUT2D eigenvalue weighted by atomic mass is 31.2. The lowest BCUT2D eigenvalue weighted by Crippen LogP contribution is -1.87. The lowest BCUT2D eigenvalue weighted by atomic mass is 10.2. The van der Waals surface area contributed by atoms with E-state index >= 15 is 0 Å². The summed E-state index contributed by atoms with van der Waals surface area (Å²) in [7, 11) is -4.50. The third-order valence-corrected chi connectivity index (χ3v) is 2.14. The van der Waals surface area contributed by atoms with Crippen molar-refractivity contribution in [3.05, 3.63) is 36.0 Å². The summed E-state index contributed by atoms with van der Waals surface area (Å²) in [5, 5.41) is 3.93. The SMILES string of the molecule is O=P(O)(O)OC1=C[N]c2ccccc21. The van der Waals surface area contributed by atoms with Gasteiger partial charge in [0, 0.05) is 5.56 Å². The largest absolute Gasteiger partial charge is 0.524 e. The molecule has 2 N–H and O–H groups in total. The molecule has 0 fully saturated rings. The highest BCUT2D eigenvalue weighted by Crippen LogP contribution is 2.44. The van der Waals surface area contributed by atoms with Crippen LogP contribution in [-0.4, -0.2) is 9.79 Å². The fraction of sp³-hybridized carbons (Fsp3) is 0. The van der Waals surface area contributed by atoms with Crippen LogP contribution in [0.5, 0.6) is 0 Å². The number of hydrogen-bond donors (Lipinski definition) is 2. The van der Waals surface area contributed by atoms with E-state index < -0.39 is 7.82 Å². The number of fused-ring (bicyclic) bond motifs is 1. The summed E-state index contributed by atoms with van der Waals surface area (Å²) in [6, 6.07) is 6.96. The van der Waals surface area contributed by atoms with Crippen molar-refractivity contribution in [2.75, 3.05) is 0 Å². The van der Waals surface area contributed by atoms with Crippen LogP contribution in [0.25, 0.3) is 5.76 Å². The van der Waals surface area contributed by atoms with Crippen LogP contribution in [0.3, 0.4) is 0 Å². The van der Waals surface area contributed by atoms with Gasteiger partial charge < -0.3 is 4.52 Å². The van der Waals surface area contributed by atoms with E-state index in [0.29, 0.717) is 11.3 Å². The number of phosphoric acid groups is 1. The van der Waals surface area contributed by atoms with Crippen LogP contribution in [0.2, 0.25) is 0 Å². The number of rotatable bonds is 2. The van der Waals surface area contributed by atoms with Gasteiger partial charge in [0.25, 0.3) is 0 Å². The lowest BCUT2D eigenvalue weighted by Gasteiger charge is -2.07. The van der Waals surface area contributed by atoms with E-state index in [-0.39, 0.29) is 5.76 Å². The monoisotopic (exact) mass is 212 g/mol. The van der Waals surface area contributed by atoms with Crippen LogP contribution in [0.4, 0.5) is 5.69 Å². The Kier molecular flexibility index (Phi) is 2.07. The Hall–Kier alpha value is -1.29. The van der Waals surface area contributed by atoms with E-state index in [4.69, 9.17) is 9.79 Å². The molecule has 0 unspecified atom stereocenters. The van der Waals surface area contributed by atoms with Crippen molar-refractivity contribution in [1.82, 2.24) is 5.32 Å². The summed E-state index contributed by atoms with van der Waals surface area (Å²) in [5.74, 6) is 0.105. The summed E-state index contributed by atoms with van der Waals surface area (Å²) >= 11 is 0. The zero-order chi connectivity index (χ0) is 10.2. The maximum absolute atomic E-state index is 10.6. The van der Waals surface area contributed by atoms with Crippen molar-refractivity contribution in [3.8, 4) is 0 Å². The summed E-state index contributed by atoms with van der Waals surface area (Å²) in [5.41, 5.74) is 1.24. The molecule has 0 saturated heterocycles. The Bertz CT molecular complexity index is 437. The fourth-order valence-corrected chi connectivity index (χ4v) is 1.59. The first-order valence-corrected chi connectivity index (χ1v) is 5.35. The predicted molar refractivity (Wildman–Crippen MR) is 49.3 cm³/mol. The fourth-order valence-electron chi connectivity index (χ4n) is 1.19. The van der Waals surface area contributed by atoms with Gasteiger partial charge in [-0.1, -0.05) is 12.1 Å². The number of nitrogens with zero attached hydrogens (tertiary/aromatic N) is 1. The molecule has 0 saturated carbocycles. The van der Waals surface area contributed by atoms with Gasteiger partial charge in [-0.15, -0.1) is 0 Å². The van der Waals surface area contributed by atoms with Gasteiger partial charge >= 0.3 is 7.82 Å². The average Bonchev–Trinajstić information content (AvgIpc) is 2.47.